The molecule has 2 aromatic rings. The number of nitrogens with one attached hydrogen (secondary N) is 1. The van der Waals surface area contributed by atoms with Crippen LogP contribution >= 0.6 is 0 Å². The molecule has 2 aliphatic rings. The van der Waals surface area contributed by atoms with E-state index in [2.05, 4.69) is 21.2 Å². The van der Waals surface area contributed by atoms with Crippen LogP contribution in [0.25, 0.3) is 0 Å². The van der Waals surface area contributed by atoms with Crippen LogP contribution in [0, 0.1) is 5.92 Å². The second-order valence-electron chi connectivity index (χ2n) is 9.18. The normalized spacial score (nSPS) is 17.0. The minimum absolute atomic E-state index is 0.0264. The Balaban J connectivity index is 1.21. The standard InChI is InChI=1S/C27H36N4O5/c1-34-23-6-4-5-22(18-23)30-13-15-31(16-14-30)27(33)20-9-11-29(12-10-20)19-26(32)28-21-7-8-24(35-2)25(17-21)36-3/h4-8,17-18,20H,9-16,19H2,1-3H3,(H,28,32). The number of hydrogen-bond acceptors (Lipinski definition) is 7. The maximum atomic E-state index is 13.1. The van der Waals surface area contributed by atoms with Crippen molar-refractivity contribution >= 4 is 23.2 Å². The number of benzene rings is 2. The molecule has 0 aromatic heterocycles. The Bertz CT molecular complexity index is 1050. The van der Waals surface area contributed by atoms with Gasteiger partial charge in [-0.25, -0.2) is 0 Å². The number of piperidine rings is 1. The lowest BCUT2D eigenvalue weighted by molar-refractivity contribution is -0.137. The first kappa shape index (κ1) is 25.6. The van der Waals surface area contributed by atoms with Gasteiger partial charge in [-0.2, -0.15) is 0 Å². The molecule has 1 N–H and O–H groups in total. The summed E-state index contributed by atoms with van der Waals surface area (Å²) < 4.78 is 15.9. The summed E-state index contributed by atoms with van der Waals surface area (Å²) in [5, 5.41) is 2.92. The number of anilines is 2. The predicted octanol–water partition coefficient (Wildman–Crippen LogP) is 2.71. The summed E-state index contributed by atoms with van der Waals surface area (Å²) in [7, 11) is 4.81. The first-order valence-electron chi connectivity index (χ1n) is 12.4. The average Bonchev–Trinajstić information content (AvgIpc) is 2.93. The molecule has 2 amide bonds. The van der Waals surface area contributed by atoms with Crippen molar-refractivity contribution in [3.63, 3.8) is 0 Å². The van der Waals surface area contributed by atoms with Crippen molar-refractivity contribution in [2.75, 3.05) is 77.4 Å². The van der Waals surface area contributed by atoms with Gasteiger partial charge in [-0.05, 0) is 50.2 Å². The van der Waals surface area contributed by atoms with E-state index in [-0.39, 0.29) is 17.7 Å². The van der Waals surface area contributed by atoms with Crippen molar-refractivity contribution < 1.29 is 23.8 Å². The maximum Gasteiger partial charge on any atom is 0.238 e. The molecule has 0 saturated carbocycles. The number of carbonyl (C=O) groups is 2. The number of ether oxygens (including phenoxy) is 3. The van der Waals surface area contributed by atoms with Gasteiger partial charge in [0.25, 0.3) is 0 Å². The SMILES string of the molecule is COc1cccc(N2CCN(C(=O)C3CCN(CC(=O)Nc4ccc(OC)c(OC)c4)CC3)CC2)c1. The number of rotatable bonds is 8. The summed E-state index contributed by atoms with van der Waals surface area (Å²) in [5.74, 6) is 2.21. The van der Waals surface area contributed by atoms with Crippen molar-refractivity contribution in [2.24, 2.45) is 5.92 Å². The lowest BCUT2D eigenvalue weighted by Gasteiger charge is -2.39. The van der Waals surface area contributed by atoms with Gasteiger partial charge in [0.05, 0.1) is 27.9 Å². The lowest BCUT2D eigenvalue weighted by Crippen LogP contribution is -2.52. The third-order valence-electron chi connectivity index (χ3n) is 6.98. The minimum atomic E-state index is -0.0827. The van der Waals surface area contributed by atoms with E-state index in [1.165, 1.54) is 0 Å². The van der Waals surface area contributed by atoms with Crippen molar-refractivity contribution in [1.82, 2.24) is 9.80 Å². The molecule has 194 valence electrons. The number of nitrogens with zero attached hydrogens (tertiary/aromatic N) is 3. The zero-order valence-corrected chi connectivity index (χ0v) is 21.4. The quantitative estimate of drug-likeness (QED) is 0.602. The Labute approximate surface area is 212 Å². The van der Waals surface area contributed by atoms with Gasteiger partial charge in [0.1, 0.15) is 5.75 Å². The van der Waals surface area contributed by atoms with Crippen LogP contribution in [0.1, 0.15) is 12.8 Å². The molecule has 0 atom stereocenters. The summed E-state index contributed by atoms with van der Waals surface area (Å²) >= 11 is 0. The molecule has 2 aromatic carbocycles. The van der Waals surface area contributed by atoms with Crippen molar-refractivity contribution in [1.29, 1.82) is 0 Å². The number of amides is 2. The smallest absolute Gasteiger partial charge is 0.238 e. The molecule has 2 saturated heterocycles. The molecular formula is C27H36N4O5. The van der Waals surface area contributed by atoms with Crippen LogP contribution in [0.3, 0.4) is 0 Å². The molecule has 2 aliphatic heterocycles. The van der Waals surface area contributed by atoms with E-state index < -0.39 is 0 Å². The van der Waals surface area contributed by atoms with Crippen LogP contribution in [0.5, 0.6) is 17.2 Å². The van der Waals surface area contributed by atoms with Gasteiger partial charge in [-0.1, -0.05) is 6.07 Å². The number of likely N-dealkylation sites (tertiary alicyclic amines) is 1. The third-order valence-corrected chi connectivity index (χ3v) is 6.98. The zero-order valence-electron chi connectivity index (χ0n) is 21.4. The zero-order chi connectivity index (χ0) is 25.5. The van der Waals surface area contributed by atoms with Gasteiger partial charge in [0.15, 0.2) is 11.5 Å². The molecule has 0 bridgehead atoms. The van der Waals surface area contributed by atoms with Gasteiger partial charge < -0.3 is 29.3 Å². The Morgan fingerprint density at radius 1 is 0.861 bits per heavy atom. The van der Waals surface area contributed by atoms with Crippen LogP contribution in [-0.2, 0) is 9.59 Å². The van der Waals surface area contributed by atoms with E-state index in [0.717, 1.165) is 63.5 Å². The molecule has 2 heterocycles. The fraction of sp³-hybridized carbons (Fsp3) is 0.481. The highest BCUT2D eigenvalue weighted by atomic mass is 16.5. The minimum Gasteiger partial charge on any atom is -0.497 e. The monoisotopic (exact) mass is 496 g/mol. The highest BCUT2D eigenvalue weighted by Crippen LogP contribution is 2.30. The second-order valence-corrected chi connectivity index (χ2v) is 9.18. The van der Waals surface area contributed by atoms with Gasteiger partial charge in [-0.15, -0.1) is 0 Å². The number of methoxy groups -OCH3 is 3. The van der Waals surface area contributed by atoms with E-state index in [1.54, 1.807) is 39.5 Å². The van der Waals surface area contributed by atoms with E-state index in [4.69, 9.17) is 14.2 Å². The summed E-state index contributed by atoms with van der Waals surface area (Å²) in [6.45, 7) is 4.85. The van der Waals surface area contributed by atoms with Crippen LogP contribution in [-0.4, -0.2) is 88.8 Å². The highest BCUT2D eigenvalue weighted by molar-refractivity contribution is 5.92. The lowest BCUT2D eigenvalue weighted by atomic mass is 9.95. The molecule has 0 aliphatic carbocycles. The van der Waals surface area contributed by atoms with E-state index in [1.807, 2.05) is 23.1 Å². The Kier molecular flexibility index (Phi) is 8.53. The Morgan fingerprint density at radius 2 is 1.58 bits per heavy atom. The van der Waals surface area contributed by atoms with E-state index in [9.17, 15) is 9.59 Å². The van der Waals surface area contributed by atoms with Crippen molar-refractivity contribution in [3.8, 4) is 17.2 Å². The average molecular weight is 497 g/mol. The molecule has 2 fully saturated rings. The number of carbonyl (C=O) groups excluding carboxylic acids is 2. The number of piperazine rings is 1. The summed E-state index contributed by atoms with van der Waals surface area (Å²) in [5.41, 5.74) is 1.79. The van der Waals surface area contributed by atoms with Gasteiger partial charge in [0, 0.05) is 55.6 Å². The van der Waals surface area contributed by atoms with Crippen molar-refractivity contribution in [2.45, 2.75) is 12.8 Å². The summed E-state index contributed by atoms with van der Waals surface area (Å²) in [6, 6.07) is 13.4. The summed E-state index contributed by atoms with van der Waals surface area (Å²) in [4.78, 5) is 32.1. The van der Waals surface area contributed by atoms with Gasteiger partial charge in [-0.3, -0.25) is 14.5 Å². The van der Waals surface area contributed by atoms with Crippen LogP contribution in [0.15, 0.2) is 42.5 Å². The predicted molar refractivity (Wildman–Crippen MR) is 139 cm³/mol. The fourth-order valence-corrected chi connectivity index (χ4v) is 4.91. The molecule has 0 radical (unpaired) electrons. The first-order valence-corrected chi connectivity index (χ1v) is 12.4. The molecule has 9 nitrogen and oxygen atoms in total. The van der Waals surface area contributed by atoms with Gasteiger partial charge >= 0.3 is 0 Å². The molecule has 36 heavy (non-hydrogen) atoms. The molecule has 0 unspecified atom stereocenters. The highest BCUT2D eigenvalue weighted by Gasteiger charge is 2.31. The van der Waals surface area contributed by atoms with Crippen LogP contribution in [0.2, 0.25) is 0 Å². The number of hydrogen-bond donors (Lipinski definition) is 1. The largest absolute Gasteiger partial charge is 0.497 e. The molecule has 0 spiro atoms. The topological polar surface area (TPSA) is 83.6 Å². The Morgan fingerprint density at radius 3 is 2.25 bits per heavy atom. The van der Waals surface area contributed by atoms with Crippen LogP contribution in [0.4, 0.5) is 11.4 Å². The Hall–Kier alpha value is -3.46. The summed E-state index contributed by atoms with van der Waals surface area (Å²) in [6.07, 6.45) is 1.55. The first-order chi connectivity index (χ1) is 17.5. The van der Waals surface area contributed by atoms with E-state index >= 15 is 0 Å². The fourth-order valence-electron chi connectivity index (χ4n) is 4.91. The maximum absolute atomic E-state index is 13.1. The third kappa shape index (κ3) is 6.20. The van der Waals surface area contributed by atoms with Gasteiger partial charge in [0.2, 0.25) is 11.8 Å². The molecular weight excluding hydrogens is 460 g/mol. The molecule has 9 heteroatoms. The van der Waals surface area contributed by atoms with Crippen molar-refractivity contribution in [3.05, 3.63) is 42.5 Å². The second kappa shape index (κ2) is 12.0. The van der Waals surface area contributed by atoms with Crippen LogP contribution < -0.4 is 24.4 Å². The van der Waals surface area contributed by atoms with E-state index in [0.29, 0.717) is 23.7 Å². The molecule has 4 rings (SSSR count).